The molecule has 1 aromatic rings. The van der Waals surface area contributed by atoms with Gasteiger partial charge in [-0.05, 0) is 0 Å². The number of rotatable bonds is 4. The topological polar surface area (TPSA) is 97.0 Å². The molecule has 3 heterocycles. The highest BCUT2D eigenvalue weighted by Crippen LogP contribution is 2.28. The summed E-state index contributed by atoms with van der Waals surface area (Å²) in [6.45, 7) is 3.79. The Morgan fingerprint density at radius 3 is 2.44 bits per heavy atom. The second-order valence-corrected chi connectivity index (χ2v) is 6.78. The van der Waals surface area contributed by atoms with Crippen LogP contribution < -0.4 is 11.2 Å². The third kappa shape index (κ3) is 3.14. The number of nitrogens with zero attached hydrogens (tertiary/aromatic N) is 4. The van der Waals surface area contributed by atoms with Gasteiger partial charge >= 0.3 is 11.7 Å². The molecule has 138 valence electrons. The number of carboxylic acids is 1. The van der Waals surface area contributed by atoms with Crippen molar-refractivity contribution in [1.29, 1.82) is 0 Å². The van der Waals surface area contributed by atoms with Crippen LogP contribution in [-0.2, 0) is 30.2 Å². The van der Waals surface area contributed by atoms with E-state index in [9.17, 15) is 19.5 Å². The molecule has 2 saturated heterocycles. The van der Waals surface area contributed by atoms with Crippen molar-refractivity contribution in [2.24, 2.45) is 14.1 Å². The fourth-order valence-corrected chi connectivity index (χ4v) is 3.60. The van der Waals surface area contributed by atoms with Gasteiger partial charge in [0.2, 0.25) is 0 Å². The van der Waals surface area contributed by atoms with Crippen LogP contribution in [-0.4, -0.2) is 74.9 Å². The molecule has 0 saturated carbocycles. The molecule has 0 aliphatic carbocycles. The molecule has 25 heavy (non-hydrogen) atoms. The Morgan fingerprint density at radius 2 is 1.88 bits per heavy atom. The zero-order valence-electron chi connectivity index (χ0n) is 14.6. The zero-order chi connectivity index (χ0) is 18.2. The number of carbonyl (C=O) groups is 1. The average Bonchev–Trinajstić information content (AvgIpc) is 3.09. The van der Waals surface area contributed by atoms with Crippen LogP contribution in [0.15, 0.2) is 15.7 Å². The lowest BCUT2D eigenvalue weighted by atomic mass is 9.95. The largest absolute Gasteiger partial charge is 0.480 e. The van der Waals surface area contributed by atoms with E-state index < -0.39 is 11.5 Å². The molecule has 0 amide bonds. The number of piperazine rings is 1. The lowest BCUT2D eigenvalue weighted by Crippen LogP contribution is -2.61. The van der Waals surface area contributed by atoms with Gasteiger partial charge in [0, 0.05) is 71.6 Å². The van der Waals surface area contributed by atoms with E-state index in [1.807, 2.05) is 4.90 Å². The molecule has 9 nitrogen and oxygen atoms in total. The van der Waals surface area contributed by atoms with E-state index in [-0.39, 0.29) is 17.9 Å². The van der Waals surface area contributed by atoms with Crippen molar-refractivity contribution in [3.05, 3.63) is 32.6 Å². The summed E-state index contributed by atoms with van der Waals surface area (Å²) in [5, 5.41) is 9.63. The van der Waals surface area contributed by atoms with Crippen molar-refractivity contribution in [2.75, 3.05) is 39.4 Å². The Balaban J connectivity index is 1.69. The molecule has 0 radical (unpaired) electrons. The summed E-state index contributed by atoms with van der Waals surface area (Å²) in [7, 11) is 3.12. The number of ether oxygens (including phenoxy) is 1. The third-order valence-corrected chi connectivity index (χ3v) is 5.39. The summed E-state index contributed by atoms with van der Waals surface area (Å²) < 4.78 is 7.90. The van der Waals surface area contributed by atoms with Crippen LogP contribution in [0.5, 0.6) is 0 Å². The first kappa shape index (κ1) is 17.8. The van der Waals surface area contributed by atoms with E-state index in [4.69, 9.17) is 4.74 Å². The summed E-state index contributed by atoms with van der Waals surface area (Å²) in [4.78, 5) is 39.7. The smallest absolute Gasteiger partial charge is 0.330 e. The SMILES string of the molecule is Cn1c(CN2CCN(C3(C(=O)O)CCOC3)CC2)cc(=O)n(C)c1=O. The molecule has 0 spiro atoms. The lowest BCUT2D eigenvalue weighted by molar-refractivity contribution is -0.153. The highest BCUT2D eigenvalue weighted by atomic mass is 16.5. The molecule has 3 rings (SSSR count). The second-order valence-electron chi connectivity index (χ2n) is 6.78. The van der Waals surface area contributed by atoms with E-state index in [1.54, 1.807) is 7.05 Å². The van der Waals surface area contributed by atoms with Crippen molar-refractivity contribution < 1.29 is 14.6 Å². The Hall–Kier alpha value is -1.97. The Morgan fingerprint density at radius 1 is 1.20 bits per heavy atom. The molecule has 1 atom stereocenters. The molecular weight excluding hydrogens is 328 g/mol. The number of aliphatic carboxylic acids is 1. The van der Waals surface area contributed by atoms with Gasteiger partial charge in [-0.3, -0.25) is 28.5 Å². The molecule has 1 unspecified atom stereocenters. The van der Waals surface area contributed by atoms with Gasteiger partial charge < -0.3 is 9.84 Å². The van der Waals surface area contributed by atoms with Gasteiger partial charge in [-0.1, -0.05) is 0 Å². The molecule has 1 aromatic heterocycles. The molecule has 0 bridgehead atoms. The maximum absolute atomic E-state index is 12.0. The predicted octanol–water partition coefficient (Wildman–Crippen LogP) is -1.55. The van der Waals surface area contributed by atoms with Crippen molar-refractivity contribution in [2.45, 2.75) is 18.5 Å². The molecule has 2 aliphatic rings. The Kier molecular flexibility index (Phi) is 4.81. The van der Waals surface area contributed by atoms with Crippen molar-refractivity contribution >= 4 is 5.97 Å². The van der Waals surface area contributed by atoms with Crippen LogP contribution in [0, 0.1) is 0 Å². The van der Waals surface area contributed by atoms with Crippen molar-refractivity contribution in [1.82, 2.24) is 18.9 Å². The number of hydrogen-bond donors (Lipinski definition) is 1. The van der Waals surface area contributed by atoms with E-state index in [0.29, 0.717) is 51.4 Å². The fourth-order valence-electron chi connectivity index (χ4n) is 3.60. The summed E-state index contributed by atoms with van der Waals surface area (Å²) in [6.07, 6.45) is 0.506. The van der Waals surface area contributed by atoms with Gasteiger partial charge in [0.1, 0.15) is 5.54 Å². The van der Waals surface area contributed by atoms with Crippen LogP contribution in [0.3, 0.4) is 0 Å². The fraction of sp³-hybridized carbons (Fsp3) is 0.688. The van der Waals surface area contributed by atoms with Crippen LogP contribution in [0.2, 0.25) is 0 Å². The van der Waals surface area contributed by atoms with Crippen LogP contribution in [0.25, 0.3) is 0 Å². The Bertz CT molecular complexity index is 770. The van der Waals surface area contributed by atoms with E-state index >= 15 is 0 Å². The van der Waals surface area contributed by atoms with E-state index in [0.717, 1.165) is 4.57 Å². The van der Waals surface area contributed by atoms with Gasteiger partial charge in [-0.15, -0.1) is 0 Å². The normalized spacial score (nSPS) is 25.4. The number of aromatic nitrogens is 2. The van der Waals surface area contributed by atoms with Gasteiger partial charge in [-0.2, -0.15) is 0 Å². The van der Waals surface area contributed by atoms with E-state index in [2.05, 4.69) is 4.90 Å². The third-order valence-electron chi connectivity index (χ3n) is 5.39. The first-order valence-electron chi connectivity index (χ1n) is 8.39. The lowest BCUT2D eigenvalue weighted by Gasteiger charge is -2.42. The maximum Gasteiger partial charge on any atom is 0.330 e. The van der Waals surface area contributed by atoms with Crippen molar-refractivity contribution in [3.8, 4) is 0 Å². The quantitative estimate of drug-likeness (QED) is 0.700. The maximum atomic E-state index is 12.0. The van der Waals surface area contributed by atoms with Gasteiger partial charge in [0.15, 0.2) is 0 Å². The minimum Gasteiger partial charge on any atom is -0.480 e. The van der Waals surface area contributed by atoms with Crippen LogP contribution in [0.4, 0.5) is 0 Å². The predicted molar refractivity (Wildman–Crippen MR) is 89.6 cm³/mol. The molecule has 1 N–H and O–H groups in total. The molecule has 2 aliphatic heterocycles. The summed E-state index contributed by atoms with van der Waals surface area (Å²) in [6, 6.07) is 1.48. The number of hydrogen-bond acceptors (Lipinski definition) is 6. The Labute approximate surface area is 145 Å². The van der Waals surface area contributed by atoms with Crippen LogP contribution in [0.1, 0.15) is 12.1 Å². The van der Waals surface area contributed by atoms with Crippen molar-refractivity contribution in [3.63, 3.8) is 0 Å². The highest BCUT2D eigenvalue weighted by Gasteiger charge is 2.48. The minimum atomic E-state index is -0.915. The first-order chi connectivity index (χ1) is 11.8. The monoisotopic (exact) mass is 352 g/mol. The molecule has 2 fully saturated rings. The average molecular weight is 352 g/mol. The standard InChI is InChI=1S/C16H24N4O5/c1-17-12(9-13(21)18(2)15(17)24)10-19-4-6-20(7-5-19)16(14(22)23)3-8-25-11-16/h9H,3-8,10-11H2,1-2H3,(H,22,23). The minimum absolute atomic E-state index is 0.228. The van der Waals surface area contributed by atoms with Gasteiger partial charge in [-0.25, -0.2) is 4.79 Å². The molecule has 9 heteroatoms. The summed E-state index contributed by atoms with van der Waals surface area (Å²) >= 11 is 0. The highest BCUT2D eigenvalue weighted by molar-refractivity contribution is 5.79. The van der Waals surface area contributed by atoms with E-state index in [1.165, 1.54) is 17.7 Å². The van der Waals surface area contributed by atoms with Gasteiger partial charge in [0.25, 0.3) is 5.56 Å². The molecule has 0 aromatic carbocycles. The first-order valence-corrected chi connectivity index (χ1v) is 8.39. The van der Waals surface area contributed by atoms with Crippen LogP contribution >= 0.6 is 0 Å². The summed E-state index contributed by atoms with van der Waals surface area (Å²) in [5.41, 5.74) is -0.904. The van der Waals surface area contributed by atoms with Gasteiger partial charge in [0.05, 0.1) is 6.61 Å². The molecular formula is C16H24N4O5. The summed E-state index contributed by atoms with van der Waals surface area (Å²) in [5.74, 6) is -0.826. The second kappa shape index (κ2) is 6.74. The zero-order valence-corrected chi connectivity index (χ0v) is 14.6. The number of carboxylic acid groups (broad SMARTS) is 1.